The maximum absolute atomic E-state index is 13.1. The van der Waals surface area contributed by atoms with Gasteiger partial charge in [-0.15, -0.1) is 0 Å². The predicted molar refractivity (Wildman–Crippen MR) is 140 cm³/mol. The van der Waals surface area contributed by atoms with Crippen molar-refractivity contribution in [2.45, 2.75) is 32.6 Å². The maximum Gasteiger partial charge on any atom is 0.295 e. The van der Waals surface area contributed by atoms with Crippen molar-refractivity contribution >= 4 is 17.4 Å². The van der Waals surface area contributed by atoms with Gasteiger partial charge >= 0.3 is 0 Å². The number of hydrogen-bond donors (Lipinski definition) is 1. The summed E-state index contributed by atoms with van der Waals surface area (Å²) in [6.07, 6.45) is 0.00482. The molecule has 1 unspecified atom stereocenters. The van der Waals surface area contributed by atoms with Gasteiger partial charge in [-0.05, 0) is 61.4 Å². The van der Waals surface area contributed by atoms with Gasteiger partial charge in [-0.3, -0.25) is 9.59 Å². The Bertz CT molecular complexity index is 1250. The first kappa shape index (κ1) is 26.0. The number of aliphatic hydroxyl groups is 1. The standard InChI is InChI=1S/C30H31NO6/c1-20(2)37-25-15-11-23(12-16-25)28(32)26-27(31(17-18-35-3)30(34)29(26)33)22-9-13-24(14-10-22)36-19-21-7-5-4-6-8-21/h4-16,20,27,32H,17-19H2,1-3H3/b28-26-. The number of amides is 1. The molecule has 37 heavy (non-hydrogen) atoms. The summed E-state index contributed by atoms with van der Waals surface area (Å²) < 4.78 is 16.7. The second-order valence-corrected chi connectivity index (χ2v) is 9.02. The fourth-order valence-corrected chi connectivity index (χ4v) is 4.25. The monoisotopic (exact) mass is 501 g/mol. The van der Waals surface area contributed by atoms with Crippen LogP contribution in [0.15, 0.2) is 84.4 Å². The Hall–Kier alpha value is -4.10. The lowest BCUT2D eigenvalue weighted by Crippen LogP contribution is -2.32. The maximum atomic E-state index is 13.1. The van der Waals surface area contributed by atoms with Gasteiger partial charge in [0.2, 0.25) is 0 Å². The van der Waals surface area contributed by atoms with Gasteiger partial charge < -0.3 is 24.2 Å². The Morgan fingerprint density at radius 1 is 0.919 bits per heavy atom. The van der Waals surface area contributed by atoms with E-state index in [-0.39, 0.29) is 30.6 Å². The Labute approximate surface area is 216 Å². The zero-order valence-electron chi connectivity index (χ0n) is 21.2. The summed E-state index contributed by atoms with van der Waals surface area (Å²) >= 11 is 0. The van der Waals surface area contributed by atoms with Gasteiger partial charge in [0.1, 0.15) is 23.9 Å². The molecule has 1 saturated heterocycles. The van der Waals surface area contributed by atoms with Crippen molar-refractivity contribution in [2.24, 2.45) is 0 Å². The van der Waals surface area contributed by atoms with Crippen molar-refractivity contribution in [2.75, 3.05) is 20.3 Å². The van der Waals surface area contributed by atoms with Crippen LogP contribution in [0.5, 0.6) is 11.5 Å². The molecule has 0 saturated carbocycles. The average Bonchev–Trinajstić information content (AvgIpc) is 3.16. The van der Waals surface area contributed by atoms with E-state index in [9.17, 15) is 14.7 Å². The van der Waals surface area contributed by atoms with Gasteiger partial charge in [-0.1, -0.05) is 42.5 Å². The number of aliphatic hydroxyl groups excluding tert-OH is 1. The van der Waals surface area contributed by atoms with Crippen LogP contribution < -0.4 is 9.47 Å². The third-order valence-electron chi connectivity index (χ3n) is 6.02. The Kier molecular flexibility index (Phi) is 8.25. The van der Waals surface area contributed by atoms with Crippen LogP contribution in [-0.4, -0.2) is 48.1 Å². The predicted octanol–water partition coefficient (Wildman–Crippen LogP) is 5.12. The van der Waals surface area contributed by atoms with Gasteiger partial charge in [0.25, 0.3) is 11.7 Å². The molecule has 7 nitrogen and oxygen atoms in total. The van der Waals surface area contributed by atoms with E-state index >= 15 is 0 Å². The molecule has 192 valence electrons. The summed E-state index contributed by atoms with van der Waals surface area (Å²) in [7, 11) is 1.53. The summed E-state index contributed by atoms with van der Waals surface area (Å²) in [6.45, 7) is 4.72. The molecule has 3 aromatic rings. The number of ether oxygens (including phenoxy) is 3. The highest BCUT2D eigenvalue weighted by Crippen LogP contribution is 2.40. The molecule has 0 aromatic heterocycles. The minimum Gasteiger partial charge on any atom is -0.507 e. The molecule has 1 aliphatic rings. The van der Waals surface area contributed by atoms with E-state index in [0.29, 0.717) is 29.2 Å². The number of carbonyl (C=O) groups is 2. The summed E-state index contributed by atoms with van der Waals surface area (Å²) in [5.74, 6) is -0.334. The van der Waals surface area contributed by atoms with E-state index in [4.69, 9.17) is 14.2 Å². The molecule has 7 heteroatoms. The van der Waals surface area contributed by atoms with Crippen LogP contribution in [0.2, 0.25) is 0 Å². The van der Waals surface area contributed by atoms with Crippen molar-refractivity contribution in [1.82, 2.24) is 4.90 Å². The Balaban J connectivity index is 1.65. The van der Waals surface area contributed by atoms with Gasteiger partial charge in [-0.25, -0.2) is 0 Å². The summed E-state index contributed by atoms with van der Waals surface area (Å²) in [6, 6.07) is 23.1. The van der Waals surface area contributed by atoms with Crippen molar-refractivity contribution in [3.05, 3.63) is 101 Å². The van der Waals surface area contributed by atoms with E-state index < -0.39 is 17.7 Å². The zero-order chi connectivity index (χ0) is 26.4. The molecule has 0 radical (unpaired) electrons. The number of nitrogens with zero attached hydrogens (tertiary/aromatic N) is 1. The van der Waals surface area contributed by atoms with E-state index in [2.05, 4.69) is 0 Å². The number of rotatable bonds is 10. The fourth-order valence-electron chi connectivity index (χ4n) is 4.25. The number of benzene rings is 3. The lowest BCUT2D eigenvalue weighted by atomic mass is 9.95. The van der Waals surface area contributed by atoms with Crippen LogP contribution in [0.1, 0.15) is 36.6 Å². The molecule has 1 aliphatic heterocycles. The highest BCUT2D eigenvalue weighted by Gasteiger charge is 2.45. The van der Waals surface area contributed by atoms with Crippen molar-refractivity contribution in [3.8, 4) is 11.5 Å². The van der Waals surface area contributed by atoms with E-state index in [1.165, 1.54) is 12.0 Å². The first-order valence-electron chi connectivity index (χ1n) is 12.2. The number of hydrogen-bond acceptors (Lipinski definition) is 6. The van der Waals surface area contributed by atoms with Crippen molar-refractivity contribution in [1.29, 1.82) is 0 Å². The van der Waals surface area contributed by atoms with Gasteiger partial charge in [0.05, 0.1) is 24.3 Å². The quantitative estimate of drug-likeness (QED) is 0.236. The van der Waals surface area contributed by atoms with Gasteiger partial charge in [0.15, 0.2) is 0 Å². The molecule has 0 spiro atoms. The van der Waals surface area contributed by atoms with Crippen LogP contribution in [0.3, 0.4) is 0 Å². The Morgan fingerprint density at radius 3 is 2.19 bits per heavy atom. The second kappa shape index (κ2) is 11.8. The second-order valence-electron chi connectivity index (χ2n) is 9.02. The number of likely N-dealkylation sites (tertiary alicyclic amines) is 1. The normalized spacial score (nSPS) is 16.9. The number of carbonyl (C=O) groups excluding carboxylic acids is 2. The van der Waals surface area contributed by atoms with E-state index in [0.717, 1.165) is 5.56 Å². The van der Waals surface area contributed by atoms with Crippen LogP contribution in [0.4, 0.5) is 0 Å². The van der Waals surface area contributed by atoms with Crippen molar-refractivity contribution < 1.29 is 28.9 Å². The molecule has 1 amide bonds. The van der Waals surface area contributed by atoms with Gasteiger partial charge in [0, 0.05) is 19.2 Å². The van der Waals surface area contributed by atoms with Crippen LogP contribution >= 0.6 is 0 Å². The molecule has 1 N–H and O–H groups in total. The van der Waals surface area contributed by atoms with Crippen LogP contribution in [0, 0.1) is 0 Å². The van der Waals surface area contributed by atoms with Crippen molar-refractivity contribution in [3.63, 3.8) is 0 Å². The molecule has 1 fully saturated rings. The zero-order valence-corrected chi connectivity index (χ0v) is 21.2. The van der Waals surface area contributed by atoms with Crippen LogP contribution in [0.25, 0.3) is 5.76 Å². The van der Waals surface area contributed by atoms with Gasteiger partial charge in [-0.2, -0.15) is 0 Å². The molecule has 0 aliphatic carbocycles. The van der Waals surface area contributed by atoms with E-state index in [1.54, 1.807) is 36.4 Å². The molecule has 3 aromatic carbocycles. The topological polar surface area (TPSA) is 85.3 Å². The number of Topliss-reactive ketones (excluding diaryl/α,β-unsaturated/α-hetero) is 1. The SMILES string of the molecule is COCCN1C(=O)C(=O)/C(=C(\O)c2ccc(OC(C)C)cc2)C1c1ccc(OCc2ccccc2)cc1. The van der Waals surface area contributed by atoms with E-state index in [1.807, 2.05) is 56.3 Å². The molecule has 1 heterocycles. The number of methoxy groups -OCH3 is 1. The molecular formula is C30H31NO6. The van der Waals surface area contributed by atoms with Crippen LogP contribution in [-0.2, 0) is 20.9 Å². The highest BCUT2D eigenvalue weighted by molar-refractivity contribution is 6.46. The summed E-state index contributed by atoms with van der Waals surface area (Å²) in [5, 5.41) is 11.2. The molecule has 4 rings (SSSR count). The molecule has 0 bridgehead atoms. The lowest BCUT2D eigenvalue weighted by molar-refractivity contribution is -0.140. The minimum atomic E-state index is -0.759. The Morgan fingerprint density at radius 2 is 1.57 bits per heavy atom. The summed E-state index contributed by atoms with van der Waals surface area (Å²) in [5.41, 5.74) is 2.19. The lowest BCUT2D eigenvalue weighted by Gasteiger charge is -2.25. The molecule has 1 atom stereocenters. The highest BCUT2D eigenvalue weighted by atomic mass is 16.5. The summed E-state index contributed by atoms with van der Waals surface area (Å²) in [4.78, 5) is 27.5. The number of ketones is 1. The minimum absolute atomic E-state index is 0.00482. The first-order chi connectivity index (χ1) is 17.9. The molecular weight excluding hydrogens is 470 g/mol. The fraction of sp³-hybridized carbons (Fsp3) is 0.267. The largest absolute Gasteiger partial charge is 0.507 e. The third-order valence-corrected chi connectivity index (χ3v) is 6.02. The average molecular weight is 502 g/mol. The smallest absolute Gasteiger partial charge is 0.295 e. The third kappa shape index (κ3) is 6.01. The first-order valence-corrected chi connectivity index (χ1v) is 12.2.